The van der Waals surface area contributed by atoms with E-state index in [4.69, 9.17) is 4.74 Å². The lowest BCUT2D eigenvalue weighted by Gasteiger charge is -2.13. The molecule has 0 saturated carbocycles. The molecule has 1 aromatic heterocycles. The van der Waals surface area contributed by atoms with Crippen molar-refractivity contribution in [3.8, 4) is 5.75 Å². The number of benzene rings is 1. The number of amides is 2. The van der Waals surface area contributed by atoms with Crippen LogP contribution in [0, 0.1) is 0 Å². The number of ether oxygens (including phenoxy) is 1. The Morgan fingerprint density at radius 3 is 2.61 bits per heavy atom. The number of hydrogen-bond acceptors (Lipinski definition) is 4. The van der Waals surface area contributed by atoms with Crippen LogP contribution in [0.5, 0.6) is 5.75 Å². The lowest BCUT2D eigenvalue weighted by molar-refractivity contribution is -0.576. The zero-order valence-corrected chi connectivity index (χ0v) is 12.8. The maximum absolute atomic E-state index is 12.8. The Bertz CT molecular complexity index is 815. The number of carbonyl (C=O) groups excluding carboxylic acids is 2. The van der Waals surface area contributed by atoms with E-state index in [0.29, 0.717) is 17.1 Å². The predicted molar refractivity (Wildman–Crippen MR) is 81.7 cm³/mol. The molecule has 6 heteroatoms. The molecule has 1 aliphatic carbocycles. The highest BCUT2D eigenvalue weighted by Gasteiger charge is 2.49. The molecule has 2 heterocycles. The summed E-state index contributed by atoms with van der Waals surface area (Å²) in [7, 11) is 1.57. The van der Waals surface area contributed by atoms with Crippen molar-refractivity contribution in [2.75, 3.05) is 12.0 Å². The minimum Gasteiger partial charge on any atom is -0.497 e. The molecule has 1 aliphatic heterocycles. The molecule has 0 radical (unpaired) electrons. The smallest absolute Gasteiger partial charge is 0.497 e. The Hall–Kier alpha value is -2.76. The maximum atomic E-state index is 12.8. The van der Waals surface area contributed by atoms with Gasteiger partial charge in [0, 0.05) is 6.42 Å². The fourth-order valence-corrected chi connectivity index (χ4v) is 3.23. The van der Waals surface area contributed by atoms with Gasteiger partial charge < -0.3 is 4.74 Å². The minimum absolute atomic E-state index is 0.323. The summed E-state index contributed by atoms with van der Waals surface area (Å²) in [5.41, 5.74) is 2.68. The topological polar surface area (TPSA) is 63.4 Å². The van der Waals surface area contributed by atoms with E-state index in [0.717, 1.165) is 37.1 Å². The second-order valence-corrected chi connectivity index (χ2v) is 5.70. The monoisotopic (exact) mass is 310 g/mol. The quantitative estimate of drug-likeness (QED) is 0.795. The Kier molecular flexibility index (Phi) is 3.11. The van der Waals surface area contributed by atoms with Gasteiger partial charge in [0.25, 0.3) is 0 Å². The van der Waals surface area contributed by atoms with Gasteiger partial charge in [0.05, 0.1) is 19.0 Å². The van der Waals surface area contributed by atoms with Crippen LogP contribution in [0.25, 0.3) is 0 Å². The van der Waals surface area contributed by atoms with Crippen molar-refractivity contribution in [1.29, 1.82) is 0 Å². The number of anilines is 1. The minimum atomic E-state index is -0.332. The molecule has 0 spiro atoms. The molecule has 2 aromatic rings. The van der Waals surface area contributed by atoms with Crippen LogP contribution in [0.4, 0.5) is 10.5 Å². The summed E-state index contributed by atoms with van der Waals surface area (Å²) in [6.45, 7) is 0. The zero-order chi connectivity index (χ0) is 16.0. The number of rotatable bonds is 2. The van der Waals surface area contributed by atoms with Crippen LogP contribution < -0.4 is 14.2 Å². The third-order valence-electron chi connectivity index (χ3n) is 4.40. The SMILES string of the molecule is COc1ccc(N2C(=O)c3cnc4c([n+]3C2=O)CCCC4)cc1. The predicted octanol–water partition coefficient (Wildman–Crippen LogP) is 1.89. The number of carbonyl (C=O) groups is 2. The van der Waals surface area contributed by atoms with Gasteiger partial charge in [-0.25, -0.2) is 4.79 Å². The van der Waals surface area contributed by atoms with Gasteiger partial charge in [0.1, 0.15) is 17.1 Å². The number of aryl methyl sites for hydroxylation is 1. The summed E-state index contributed by atoms with van der Waals surface area (Å²) < 4.78 is 6.65. The number of nitrogens with zero attached hydrogens (tertiary/aromatic N) is 3. The van der Waals surface area contributed by atoms with Crippen LogP contribution in [0.3, 0.4) is 0 Å². The van der Waals surface area contributed by atoms with Gasteiger partial charge in [-0.3, -0.25) is 4.98 Å². The summed E-state index contributed by atoms with van der Waals surface area (Å²) in [5.74, 6) is 0.345. The Balaban J connectivity index is 1.80. The first-order valence-corrected chi connectivity index (χ1v) is 7.66. The lowest BCUT2D eigenvalue weighted by Crippen LogP contribution is -2.50. The molecule has 1 aromatic carbocycles. The van der Waals surface area contributed by atoms with Crippen molar-refractivity contribution in [3.63, 3.8) is 0 Å². The van der Waals surface area contributed by atoms with Gasteiger partial charge in [0.2, 0.25) is 5.69 Å². The third kappa shape index (κ3) is 2.02. The average Bonchev–Trinajstić information content (AvgIpc) is 2.86. The molecule has 0 unspecified atom stereocenters. The average molecular weight is 310 g/mol. The molecule has 6 nitrogen and oxygen atoms in total. The van der Waals surface area contributed by atoms with Crippen LogP contribution in [0.15, 0.2) is 30.5 Å². The normalized spacial score (nSPS) is 16.3. The highest BCUT2D eigenvalue weighted by atomic mass is 16.5. The number of methoxy groups -OCH3 is 1. The molecular weight excluding hydrogens is 294 g/mol. The largest absolute Gasteiger partial charge is 0.512 e. The first-order chi connectivity index (χ1) is 11.2. The number of hydrogen-bond donors (Lipinski definition) is 0. The zero-order valence-electron chi connectivity index (χ0n) is 12.8. The fraction of sp³-hybridized carbons (Fsp3) is 0.294. The second kappa shape index (κ2) is 5.15. The molecule has 0 bridgehead atoms. The molecule has 0 atom stereocenters. The standard InChI is InChI=1S/C17H16N3O3/c1-23-12-8-6-11(7-9-12)19-16(21)15-10-18-13-4-2-3-5-14(13)20(15)17(19)22/h6-10H,2-5H2,1H3/q+1. The Labute approximate surface area is 133 Å². The molecule has 23 heavy (non-hydrogen) atoms. The van der Waals surface area contributed by atoms with Crippen molar-refractivity contribution in [1.82, 2.24) is 4.98 Å². The van der Waals surface area contributed by atoms with Crippen LogP contribution in [0.1, 0.15) is 34.7 Å². The van der Waals surface area contributed by atoms with E-state index in [-0.39, 0.29) is 11.9 Å². The van der Waals surface area contributed by atoms with Crippen LogP contribution in [-0.2, 0) is 12.8 Å². The van der Waals surface area contributed by atoms with Crippen molar-refractivity contribution in [3.05, 3.63) is 47.5 Å². The van der Waals surface area contributed by atoms with Crippen molar-refractivity contribution in [2.45, 2.75) is 25.7 Å². The fourth-order valence-electron chi connectivity index (χ4n) is 3.23. The van der Waals surface area contributed by atoms with E-state index in [1.54, 1.807) is 31.4 Å². The van der Waals surface area contributed by atoms with Gasteiger partial charge in [0.15, 0.2) is 0 Å². The van der Waals surface area contributed by atoms with Gasteiger partial charge in [-0.15, -0.1) is 9.47 Å². The summed E-state index contributed by atoms with van der Waals surface area (Å²) in [5, 5.41) is 0. The highest BCUT2D eigenvalue weighted by Crippen LogP contribution is 2.25. The molecule has 2 amide bonds. The van der Waals surface area contributed by atoms with E-state index in [1.165, 1.54) is 15.7 Å². The molecule has 0 saturated heterocycles. The van der Waals surface area contributed by atoms with Gasteiger partial charge in [-0.1, -0.05) is 0 Å². The van der Waals surface area contributed by atoms with E-state index < -0.39 is 0 Å². The number of fused-ring (bicyclic) bond motifs is 3. The first-order valence-electron chi connectivity index (χ1n) is 7.66. The van der Waals surface area contributed by atoms with Gasteiger partial charge >= 0.3 is 11.9 Å². The molecular formula is C17H16N3O3+. The van der Waals surface area contributed by atoms with Crippen molar-refractivity contribution >= 4 is 17.6 Å². The summed E-state index contributed by atoms with van der Waals surface area (Å²) in [4.78, 5) is 31.1. The van der Waals surface area contributed by atoms with Crippen LogP contribution >= 0.6 is 0 Å². The second-order valence-electron chi connectivity index (χ2n) is 5.70. The first kappa shape index (κ1) is 13.9. The molecule has 2 aliphatic rings. The maximum Gasteiger partial charge on any atom is 0.512 e. The summed E-state index contributed by atoms with van der Waals surface area (Å²) in [6, 6.07) is 6.56. The molecule has 116 valence electrons. The molecule has 0 N–H and O–H groups in total. The Morgan fingerprint density at radius 1 is 1.13 bits per heavy atom. The van der Waals surface area contributed by atoms with Gasteiger partial charge in [-0.05, 0) is 43.5 Å². The van der Waals surface area contributed by atoms with Gasteiger partial charge in [-0.2, -0.15) is 4.79 Å². The molecule has 0 fully saturated rings. The number of aromatic nitrogens is 2. The summed E-state index contributed by atoms with van der Waals surface area (Å²) in [6.07, 6.45) is 5.25. The van der Waals surface area contributed by atoms with E-state index in [2.05, 4.69) is 4.98 Å². The van der Waals surface area contributed by atoms with E-state index in [1.807, 2.05) is 0 Å². The Morgan fingerprint density at radius 2 is 1.87 bits per heavy atom. The van der Waals surface area contributed by atoms with Crippen LogP contribution in [-0.4, -0.2) is 24.0 Å². The van der Waals surface area contributed by atoms with E-state index >= 15 is 0 Å². The third-order valence-corrected chi connectivity index (χ3v) is 4.40. The number of imide groups is 1. The lowest BCUT2D eigenvalue weighted by atomic mass is 10.00. The highest BCUT2D eigenvalue weighted by molar-refractivity contribution is 6.20. The van der Waals surface area contributed by atoms with Crippen LogP contribution in [0.2, 0.25) is 0 Å². The molecule has 4 rings (SSSR count). The van der Waals surface area contributed by atoms with E-state index in [9.17, 15) is 9.59 Å². The van der Waals surface area contributed by atoms with Crippen molar-refractivity contribution in [2.24, 2.45) is 0 Å². The van der Waals surface area contributed by atoms with Crippen molar-refractivity contribution < 1.29 is 18.9 Å². The summed E-state index contributed by atoms with van der Waals surface area (Å²) >= 11 is 0.